The fourth-order valence-corrected chi connectivity index (χ4v) is 2.68. The van der Waals surface area contributed by atoms with E-state index in [4.69, 9.17) is 5.11 Å². The van der Waals surface area contributed by atoms with Gasteiger partial charge < -0.3 is 5.11 Å². The molecule has 0 aliphatic rings. The second-order valence-electron chi connectivity index (χ2n) is 5.47. The van der Waals surface area contributed by atoms with Crippen molar-refractivity contribution in [1.29, 1.82) is 0 Å². The number of aryl methyl sites for hydroxylation is 1. The first-order chi connectivity index (χ1) is 10.9. The van der Waals surface area contributed by atoms with Crippen molar-refractivity contribution < 1.29 is 5.11 Å². The van der Waals surface area contributed by atoms with Crippen LogP contribution < -0.4 is 0 Å². The molecule has 0 heterocycles. The second-order valence-corrected chi connectivity index (χ2v) is 5.47. The third-order valence-corrected chi connectivity index (χ3v) is 3.88. The number of rotatable bonds is 5. The number of aliphatic hydroxyl groups is 1. The Labute approximate surface area is 131 Å². The van der Waals surface area contributed by atoms with Crippen LogP contribution in [0.25, 0.3) is 22.3 Å². The summed E-state index contributed by atoms with van der Waals surface area (Å²) in [7, 11) is 0. The SMILES string of the molecule is OCCCc1cccc(-c2ccc(-c3ccccc3)cc2)c1. The standard InChI is InChI=1S/C21H20O/c22-15-5-7-17-6-4-10-21(16-17)20-13-11-19(12-14-20)18-8-2-1-3-9-18/h1-4,6,8-14,16,22H,5,7,15H2. The van der Waals surface area contributed by atoms with Gasteiger partial charge in [-0.1, -0.05) is 78.9 Å². The van der Waals surface area contributed by atoms with Crippen LogP contribution in [0.15, 0.2) is 78.9 Å². The highest BCUT2D eigenvalue weighted by atomic mass is 16.2. The van der Waals surface area contributed by atoms with E-state index in [0.717, 1.165) is 12.8 Å². The van der Waals surface area contributed by atoms with Gasteiger partial charge >= 0.3 is 0 Å². The molecule has 3 aromatic carbocycles. The molecule has 0 saturated heterocycles. The first kappa shape index (κ1) is 14.6. The van der Waals surface area contributed by atoms with Crippen molar-refractivity contribution in [2.45, 2.75) is 12.8 Å². The van der Waals surface area contributed by atoms with Gasteiger partial charge in [-0.3, -0.25) is 0 Å². The van der Waals surface area contributed by atoms with E-state index in [1.807, 2.05) is 6.07 Å². The molecule has 0 unspecified atom stereocenters. The summed E-state index contributed by atoms with van der Waals surface area (Å²) in [5, 5.41) is 8.95. The van der Waals surface area contributed by atoms with E-state index in [1.54, 1.807) is 0 Å². The number of hydrogen-bond donors (Lipinski definition) is 1. The summed E-state index contributed by atoms with van der Waals surface area (Å²) in [6.45, 7) is 0.246. The zero-order valence-electron chi connectivity index (χ0n) is 12.6. The third kappa shape index (κ3) is 3.44. The molecule has 0 fully saturated rings. The molecule has 0 saturated carbocycles. The Morgan fingerprint density at radius 2 is 1.18 bits per heavy atom. The van der Waals surface area contributed by atoms with Gasteiger partial charge in [-0.15, -0.1) is 0 Å². The van der Waals surface area contributed by atoms with Crippen LogP contribution in [0.5, 0.6) is 0 Å². The van der Waals surface area contributed by atoms with Crippen LogP contribution in [0.2, 0.25) is 0 Å². The van der Waals surface area contributed by atoms with Gasteiger partial charge in [0.25, 0.3) is 0 Å². The molecular formula is C21H20O. The van der Waals surface area contributed by atoms with Gasteiger partial charge in [0, 0.05) is 6.61 Å². The Morgan fingerprint density at radius 1 is 0.591 bits per heavy atom. The van der Waals surface area contributed by atoms with Gasteiger partial charge in [0.2, 0.25) is 0 Å². The summed E-state index contributed by atoms with van der Waals surface area (Å²) in [4.78, 5) is 0. The van der Waals surface area contributed by atoms with E-state index < -0.39 is 0 Å². The average Bonchev–Trinajstić information content (AvgIpc) is 2.61. The lowest BCUT2D eigenvalue weighted by Crippen LogP contribution is -1.90. The predicted octanol–water partition coefficient (Wildman–Crippen LogP) is 4.95. The fraction of sp³-hybridized carbons (Fsp3) is 0.143. The zero-order valence-corrected chi connectivity index (χ0v) is 12.6. The van der Waals surface area contributed by atoms with E-state index >= 15 is 0 Å². The van der Waals surface area contributed by atoms with Crippen LogP contribution in [0.3, 0.4) is 0 Å². The summed E-state index contributed by atoms with van der Waals surface area (Å²) in [6, 6.07) is 27.7. The van der Waals surface area contributed by atoms with Crippen LogP contribution in [-0.4, -0.2) is 11.7 Å². The molecule has 0 aliphatic heterocycles. The topological polar surface area (TPSA) is 20.2 Å². The summed E-state index contributed by atoms with van der Waals surface area (Å²) >= 11 is 0. The van der Waals surface area contributed by atoms with Crippen molar-refractivity contribution in [2.75, 3.05) is 6.61 Å². The van der Waals surface area contributed by atoms with Gasteiger partial charge in [-0.25, -0.2) is 0 Å². The molecule has 0 aliphatic carbocycles. The maximum absolute atomic E-state index is 8.95. The van der Waals surface area contributed by atoms with Crippen LogP contribution in [-0.2, 0) is 6.42 Å². The van der Waals surface area contributed by atoms with Crippen LogP contribution >= 0.6 is 0 Å². The molecular weight excluding hydrogens is 268 g/mol. The molecule has 110 valence electrons. The van der Waals surface area contributed by atoms with Gasteiger partial charge in [-0.05, 0) is 40.7 Å². The zero-order chi connectivity index (χ0) is 15.2. The lowest BCUT2D eigenvalue weighted by molar-refractivity contribution is 0.288. The largest absolute Gasteiger partial charge is 0.396 e. The Morgan fingerprint density at radius 3 is 1.86 bits per heavy atom. The molecule has 0 amide bonds. The highest BCUT2D eigenvalue weighted by Crippen LogP contribution is 2.25. The minimum absolute atomic E-state index is 0.246. The van der Waals surface area contributed by atoms with Gasteiger partial charge in [0.05, 0.1) is 0 Å². The lowest BCUT2D eigenvalue weighted by Gasteiger charge is -2.07. The molecule has 1 N–H and O–H groups in total. The second kappa shape index (κ2) is 7.06. The van der Waals surface area contributed by atoms with Gasteiger partial charge in [-0.2, -0.15) is 0 Å². The normalized spacial score (nSPS) is 10.6. The highest BCUT2D eigenvalue weighted by Gasteiger charge is 2.01. The molecule has 1 heteroatoms. The molecule has 0 bridgehead atoms. The highest BCUT2D eigenvalue weighted by molar-refractivity contribution is 5.70. The summed E-state index contributed by atoms with van der Waals surface area (Å²) in [5.74, 6) is 0. The van der Waals surface area contributed by atoms with Crippen molar-refractivity contribution in [3.05, 3.63) is 84.4 Å². The first-order valence-electron chi connectivity index (χ1n) is 7.72. The number of aliphatic hydroxyl groups excluding tert-OH is 1. The van der Waals surface area contributed by atoms with E-state index in [-0.39, 0.29) is 6.61 Å². The monoisotopic (exact) mass is 288 g/mol. The predicted molar refractivity (Wildman–Crippen MR) is 92.7 cm³/mol. The first-order valence-corrected chi connectivity index (χ1v) is 7.72. The maximum Gasteiger partial charge on any atom is 0.0434 e. The van der Waals surface area contributed by atoms with Crippen LogP contribution in [0.1, 0.15) is 12.0 Å². The van der Waals surface area contributed by atoms with Crippen LogP contribution in [0.4, 0.5) is 0 Å². The van der Waals surface area contributed by atoms with Crippen molar-refractivity contribution in [2.24, 2.45) is 0 Å². The van der Waals surface area contributed by atoms with E-state index in [0.29, 0.717) is 0 Å². The molecule has 0 aromatic heterocycles. The Kier molecular flexibility index (Phi) is 4.67. The molecule has 0 spiro atoms. The summed E-state index contributed by atoms with van der Waals surface area (Å²) in [5.41, 5.74) is 6.21. The minimum Gasteiger partial charge on any atom is -0.396 e. The molecule has 22 heavy (non-hydrogen) atoms. The Bertz CT molecular complexity index is 714. The Balaban J connectivity index is 1.84. The quantitative estimate of drug-likeness (QED) is 0.704. The molecule has 3 aromatic rings. The van der Waals surface area contributed by atoms with E-state index in [2.05, 4.69) is 72.8 Å². The number of hydrogen-bond acceptors (Lipinski definition) is 1. The van der Waals surface area contributed by atoms with Crippen molar-refractivity contribution in [3.8, 4) is 22.3 Å². The average molecular weight is 288 g/mol. The molecule has 1 nitrogen and oxygen atoms in total. The van der Waals surface area contributed by atoms with Gasteiger partial charge in [0.15, 0.2) is 0 Å². The lowest BCUT2D eigenvalue weighted by atomic mass is 9.98. The summed E-state index contributed by atoms with van der Waals surface area (Å²) in [6.07, 6.45) is 1.74. The van der Waals surface area contributed by atoms with Crippen molar-refractivity contribution in [3.63, 3.8) is 0 Å². The molecule has 0 radical (unpaired) electrons. The summed E-state index contributed by atoms with van der Waals surface area (Å²) < 4.78 is 0. The minimum atomic E-state index is 0.246. The van der Waals surface area contributed by atoms with Crippen LogP contribution in [0, 0.1) is 0 Å². The molecule has 0 atom stereocenters. The maximum atomic E-state index is 8.95. The van der Waals surface area contributed by atoms with E-state index in [1.165, 1.54) is 27.8 Å². The molecule has 3 rings (SSSR count). The smallest absolute Gasteiger partial charge is 0.0434 e. The van der Waals surface area contributed by atoms with Gasteiger partial charge in [0.1, 0.15) is 0 Å². The van der Waals surface area contributed by atoms with E-state index in [9.17, 15) is 0 Å². The number of benzene rings is 3. The van der Waals surface area contributed by atoms with Crippen molar-refractivity contribution >= 4 is 0 Å². The van der Waals surface area contributed by atoms with Crippen molar-refractivity contribution in [1.82, 2.24) is 0 Å². The fourth-order valence-electron chi connectivity index (χ4n) is 2.68. The Hall–Kier alpha value is -2.38. The third-order valence-electron chi connectivity index (χ3n) is 3.88.